The molecule has 0 bridgehead atoms. The maximum absolute atomic E-state index is 6.09. The Hall–Kier alpha value is -1.32. The molecule has 1 aliphatic carbocycles. The normalized spacial score (nSPS) is 22.8. The SMILES string of the molecule is Clc1cccc(C2CCN(Cc3cc(C4CC4)on3)C2)c1. The fraction of sp³-hybridized carbons (Fsp3) is 0.471. The van der Waals surface area contributed by atoms with Gasteiger partial charge in [0, 0.05) is 30.1 Å². The molecule has 2 aliphatic rings. The number of halogens is 1. The molecule has 2 heterocycles. The van der Waals surface area contributed by atoms with Crippen molar-refractivity contribution in [2.45, 2.75) is 37.6 Å². The second kappa shape index (κ2) is 5.47. The first-order chi connectivity index (χ1) is 10.3. The van der Waals surface area contributed by atoms with Crippen LogP contribution in [0, 0.1) is 0 Å². The fourth-order valence-electron chi connectivity index (χ4n) is 3.20. The van der Waals surface area contributed by atoms with Gasteiger partial charge >= 0.3 is 0 Å². The lowest BCUT2D eigenvalue weighted by Crippen LogP contribution is -2.19. The van der Waals surface area contributed by atoms with Crippen LogP contribution >= 0.6 is 11.6 Å². The molecule has 4 heteroatoms. The minimum Gasteiger partial charge on any atom is -0.361 e. The van der Waals surface area contributed by atoms with Crippen LogP contribution in [0.1, 0.15) is 48.1 Å². The van der Waals surface area contributed by atoms with Gasteiger partial charge in [0.25, 0.3) is 0 Å². The Morgan fingerprint density at radius 1 is 1.19 bits per heavy atom. The molecule has 21 heavy (non-hydrogen) atoms. The van der Waals surface area contributed by atoms with Crippen molar-refractivity contribution in [1.29, 1.82) is 0 Å². The summed E-state index contributed by atoms with van der Waals surface area (Å²) in [5.41, 5.74) is 2.42. The first-order valence-corrected chi connectivity index (χ1v) is 8.09. The highest BCUT2D eigenvalue weighted by molar-refractivity contribution is 6.30. The van der Waals surface area contributed by atoms with Gasteiger partial charge in [-0.15, -0.1) is 0 Å². The molecule has 1 aromatic heterocycles. The topological polar surface area (TPSA) is 29.3 Å². The molecule has 1 saturated heterocycles. The molecule has 110 valence electrons. The van der Waals surface area contributed by atoms with E-state index in [1.54, 1.807) is 0 Å². The van der Waals surface area contributed by atoms with Crippen LogP contribution in [-0.2, 0) is 6.54 Å². The summed E-state index contributed by atoms with van der Waals surface area (Å²) in [6, 6.07) is 10.4. The molecule has 1 unspecified atom stereocenters. The minimum absolute atomic E-state index is 0.582. The molecule has 0 spiro atoms. The van der Waals surface area contributed by atoms with Crippen molar-refractivity contribution in [1.82, 2.24) is 10.1 Å². The lowest BCUT2D eigenvalue weighted by atomic mass is 9.99. The van der Waals surface area contributed by atoms with Gasteiger partial charge in [-0.25, -0.2) is 0 Å². The second-order valence-corrected chi connectivity index (χ2v) is 6.71. The average Bonchev–Trinajstić information content (AvgIpc) is 3.05. The van der Waals surface area contributed by atoms with E-state index in [0.29, 0.717) is 11.8 Å². The summed E-state index contributed by atoms with van der Waals surface area (Å²) in [6.07, 6.45) is 3.71. The van der Waals surface area contributed by atoms with Crippen molar-refractivity contribution in [2.24, 2.45) is 0 Å². The Balaban J connectivity index is 1.39. The molecule has 2 aromatic rings. The van der Waals surface area contributed by atoms with Gasteiger partial charge in [0.2, 0.25) is 0 Å². The van der Waals surface area contributed by atoms with E-state index in [4.69, 9.17) is 16.1 Å². The van der Waals surface area contributed by atoms with Gasteiger partial charge in [-0.3, -0.25) is 4.90 Å². The Morgan fingerprint density at radius 2 is 2.10 bits per heavy atom. The molecule has 1 aromatic carbocycles. The first kappa shape index (κ1) is 13.4. The van der Waals surface area contributed by atoms with Crippen LogP contribution in [0.5, 0.6) is 0 Å². The van der Waals surface area contributed by atoms with Crippen LogP contribution < -0.4 is 0 Å². The number of likely N-dealkylation sites (tertiary alicyclic amines) is 1. The van der Waals surface area contributed by atoms with Crippen molar-refractivity contribution < 1.29 is 4.52 Å². The van der Waals surface area contributed by atoms with Gasteiger partial charge in [-0.1, -0.05) is 28.9 Å². The Kier molecular flexibility index (Phi) is 3.48. The van der Waals surface area contributed by atoms with E-state index < -0.39 is 0 Å². The number of hydrogen-bond acceptors (Lipinski definition) is 3. The predicted molar refractivity (Wildman–Crippen MR) is 82.6 cm³/mol. The molecule has 1 atom stereocenters. The average molecular weight is 303 g/mol. The highest BCUT2D eigenvalue weighted by Crippen LogP contribution is 2.40. The predicted octanol–water partition coefficient (Wildman–Crippen LogP) is 4.19. The van der Waals surface area contributed by atoms with Gasteiger partial charge in [-0.2, -0.15) is 0 Å². The number of benzene rings is 1. The third kappa shape index (κ3) is 2.99. The smallest absolute Gasteiger partial charge is 0.140 e. The van der Waals surface area contributed by atoms with E-state index in [1.165, 1.54) is 24.8 Å². The second-order valence-electron chi connectivity index (χ2n) is 6.27. The number of aromatic nitrogens is 1. The highest BCUT2D eigenvalue weighted by atomic mass is 35.5. The van der Waals surface area contributed by atoms with Crippen molar-refractivity contribution >= 4 is 11.6 Å². The van der Waals surface area contributed by atoms with Crippen molar-refractivity contribution in [3.8, 4) is 0 Å². The van der Waals surface area contributed by atoms with Gasteiger partial charge in [-0.05, 0) is 49.4 Å². The van der Waals surface area contributed by atoms with Crippen LogP contribution in [0.3, 0.4) is 0 Å². The number of rotatable bonds is 4. The molecule has 0 radical (unpaired) electrons. The zero-order chi connectivity index (χ0) is 14.2. The summed E-state index contributed by atoms with van der Waals surface area (Å²) >= 11 is 6.09. The lowest BCUT2D eigenvalue weighted by Gasteiger charge is -2.14. The van der Waals surface area contributed by atoms with Gasteiger partial charge in [0.1, 0.15) is 5.76 Å². The van der Waals surface area contributed by atoms with E-state index in [0.717, 1.165) is 36.1 Å². The standard InChI is InChI=1S/C17H19ClN2O/c18-15-3-1-2-13(8-15)14-6-7-20(10-14)11-16-9-17(21-19-16)12-4-5-12/h1-3,8-9,12,14H,4-7,10-11H2. The molecule has 0 amide bonds. The van der Waals surface area contributed by atoms with Crippen molar-refractivity contribution in [3.63, 3.8) is 0 Å². The summed E-state index contributed by atoms with van der Waals surface area (Å²) in [7, 11) is 0. The highest BCUT2D eigenvalue weighted by Gasteiger charge is 2.29. The monoisotopic (exact) mass is 302 g/mol. The van der Waals surface area contributed by atoms with E-state index in [-0.39, 0.29) is 0 Å². The lowest BCUT2D eigenvalue weighted by molar-refractivity contribution is 0.307. The third-order valence-electron chi connectivity index (χ3n) is 4.53. The van der Waals surface area contributed by atoms with Crippen molar-refractivity contribution in [3.05, 3.63) is 52.4 Å². The summed E-state index contributed by atoms with van der Waals surface area (Å²) in [4.78, 5) is 2.46. The van der Waals surface area contributed by atoms with Crippen LogP contribution in [0.15, 0.2) is 34.9 Å². The molecule has 1 saturated carbocycles. The zero-order valence-electron chi connectivity index (χ0n) is 12.0. The Labute approximate surface area is 129 Å². The Bertz CT molecular complexity index is 635. The van der Waals surface area contributed by atoms with E-state index >= 15 is 0 Å². The quantitative estimate of drug-likeness (QED) is 0.848. The molecule has 4 rings (SSSR count). The third-order valence-corrected chi connectivity index (χ3v) is 4.77. The van der Waals surface area contributed by atoms with E-state index in [2.05, 4.69) is 28.3 Å². The fourth-order valence-corrected chi connectivity index (χ4v) is 3.40. The van der Waals surface area contributed by atoms with Crippen LogP contribution in [-0.4, -0.2) is 23.1 Å². The molecule has 3 nitrogen and oxygen atoms in total. The van der Waals surface area contributed by atoms with Crippen LogP contribution in [0.4, 0.5) is 0 Å². The molecular weight excluding hydrogens is 284 g/mol. The molecule has 0 N–H and O–H groups in total. The van der Waals surface area contributed by atoms with Gasteiger partial charge in [0.05, 0.1) is 5.69 Å². The molecule has 2 fully saturated rings. The summed E-state index contributed by atoms with van der Waals surface area (Å²) in [5, 5.41) is 5.05. The first-order valence-electron chi connectivity index (χ1n) is 7.71. The summed E-state index contributed by atoms with van der Waals surface area (Å²) < 4.78 is 5.43. The van der Waals surface area contributed by atoms with Crippen LogP contribution in [0.25, 0.3) is 0 Å². The number of hydrogen-bond donors (Lipinski definition) is 0. The van der Waals surface area contributed by atoms with Crippen LogP contribution in [0.2, 0.25) is 5.02 Å². The molecular formula is C17H19ClN2O. The number of nitrogens with zero attached hydrogens (tertiary/aromatic N) is 2. The maximum Gasteiger partial charge on any atom is 0.140 e. The van der Waals surface area contributed by atoms with Crippen molar-refractivity contribution in [2.75, 3.05) is 13.1 Å². The largest absolute Gasteiger partial charge is 0.361 e. The van der Waals surface area contributed by atoms with E-state index in [1.807, 2.05) is 12.1 Å². The summed E-state index contributed by atoms with van der Waals surface area (Å²) in [6.45, 7) is 3.09. The zero-order valence-corrected chi connectivity index (χ0v) is 12.7. The Morgan fingerprint density at radius 3 is 2.90 bits per heavy atom. The minimum atomic E-state index is 0.582. The van der Waals surface area contributed by atoms with Gasteiger partial charge in [0.15, 0.2) is 0 Å². The molecule has 1 aliphatic heterocycles. The van der Waals surface area contributed by atoms with E-state index in [9.17, 15) is 0 Å². The summed E-state index contributed by atoms with van der Waals surface area (Å²) in [5.74, 6) is 2.30. The maximum atomic E-state index is 6.09. The van der Waals surface area contributed by atoms with Gasteiger partial charge < -0.3 is 4.52 Å².